The van der Waals surface area contributed by atoms with E-state index < -0.39 is 60.7 Å². The largest absolute Gasteiger partial charge is 0.508 e. The molecule has 0 bridgehead atoms. The number of hydrogen-bond donors (Lipinski definition) is 2. The zero-order valence-corrected chi connectivity index (χ0v) is 35.9. The molecule has 0 aromatic heterocycles. The fourth-order valence-corrected chi connectivity index (χ4v) is 8.02. The second-order valence-corrected chi connectivity index (χ2v) is 16.0. The third kappa shape index (κ3) is 11.4. The van der Waals surface area contributed by atoms with Gasteiger partial charge in [-0.25, -0.2) is 17.6 Å². The molecule has 0 saturated carbocycles. The van der Waals surface area contributed by atoms with Crippen molar-refractivity contribution >= 4 is 11.6 Å². The molecule has 1 aliphatic rings. The topological polar surface area (TPSA) is 49.7 Å². The number of hydrogen-bond acceptors (Lipinski definition) is 3. The van der Waals surface area contributed by atoms with Crippen molar-refractivity contribution in [3.05, 3.63) is 186 Å². The van der Waals surface area contributed by atoms with Gasteiger partial charge in [-0.15, -0.1) is 0 Å². The fraction of sp³-hybridized carbons (Fsp3) is 0.269. The first-order valence-electron chi connectivity index (χ1n) is 21.0. The Bertz CT molecular complexity index is 2830. The lowest BCUT2D eigenvalue weighted by Gasteiger charge is -2.24. The number of phenolic OH excluding ortho intramolecular Hbond substituents is 2. The molecule has 1 atom stereocenters. The van der Waals surface area contributed by atoms with Crippen molar-refractivity contribution < 1.29 is 58.9 Å². The van der Waals surface area contributed by atoms with E-state index in [0.29, 0.717) is 58.1 Å². The van der Waals surface area contributed by atoms with Gasteiger partial charge in [-0.3, -0.25) is 0 Å². The summed E-state index contributed by atoms with van der Waals surface area (Å²) in [6.45, 7) is 7.49. The maximum Gasteiger partial charge on any atom is 0.392 e. The van der Waals surface area contributed by atoms with E-state index in [-0.39, 0.29) is 39.2 Å². The Morgan fingerprint density at radius 3 is 1.65 bits per heavy atom. The molecule has 7 rings (SSSR count). The van der Waals surface area contributed by atoms with Crippen molar-refractivity contribution in [3.63, 3.8) is 0 Å². The Labute approximate surface area is 370 Å². The van der Waals surface area contributed by atoms with E-state index in [1.807, 2.05) is 45.0 Å². The first-order chi connectivity index (χ1) is 30.7. The molecule has 6 aromatic carbocycles. The van der Waals surface area contributed by atoms with E-state index in [1.54, 1.807) is 37.3 Å². The van der Waals surface area contributed by atoms with Crippen LogP contribution in [0.1, 0.15) is 101 Å². The Balaban J connectivity index is 0.000000215. The maximum absolute atomic E-state index is 14.8. The van der Waals surface area contributed by atoms with Crippen LogP contribution < -0.4 is 15.2 Å². The average molecular weight is 909 g/mol. The molecular weight excluding hydrogens is 863 g/mol. The molecule has 0 spiro atoms. The van der Waals surface area contributed by atoms with Crippen LogP contribution in [0.5, 0.6) is 23.0 Å². The van der Waals surface area contributed by atoms with E-state index >= 15 is 0 Å². The molecule has 1 unspecified atom stereocenters. The molecule has 0 fully saturated rings. The molecule has 0 amide bonds. The number of phenols is 2. The van der Waals surface area contributed by atoms with Gasteiger partial charge in [0.25, 0.3) is 0 Å². The van der Waals surface area contributed by atoms with Crippen molar-refractivity contribution in [2.45, 2.75) is 90.9 Å². The van der Waals surface area contributed by atoms with Crippen LogP contribution in [-0.4, -0.2) is 22.6 Å². The second-order valence-electron chi connectivity index (χ2n) is 16.0. The minimum Gasteiger partial charge on any atom is -0.508 e. The summed E-state index contributed by atoms with van der Waals surface area (Å²) in [4.78, 5) is 0. The summed E-state index contributed by atoms with van der Waals surface area (Å²) in [5.41, 5.74) is 4.78. The third-order valence-corrected chi connectivity index (χ3v) is 11.2. The zero-order chi connectivity index (χ0) is 47.4. The number of halogens is 10. The van der Waals surface area contributed by atoms with Gasteiger partial charge in [-0.2, -0.15) is 26.3 Å². The molecule has 6 aromatic rings. The van der Waals surface area contributed by atoms with Gasteiger partial charge in [-0.1, -0.05) is 81.3 Å². The van der Waals surface area contributed by atoms with Gasteiger partial charge in [0.15, 0.2) is 0 Å². The van der Waals surface area contributed by atoms with Gasteiger partial charge in [0.05, 0.1) is 6.42 Å². The number of alkyl halides is 6. The summed E-state index contributed by atoms with van der Waals surface area (Å²) >= 11 is 0. The maximum atomic E-state index is 14.8. The highest BCUT2D eigenvalue weighted by atomic mass is 19.4. The predicted octanol–water partition coefficient (Wildman–Crippen LogP) is 13.6. The van der Waals surface area contributed by atoms with Crippen LogP contribution in [0.15, 0.2) is 97.1 Å². The average Bonchev–Trinajstić information content (AvgIpc) is 3.23. The highest BCUT2D eigenvalue weighted by Gasteiger charge is 2.31. The van der Waals surface area contributed by atoms with Crippen LogP contribution in [0.2, 0.25) is 0 Å². The summed E-state index contributed by atoms with van der Waals surface area (Å²) in [5, 5.41) is 21.6. The number of aryl methyl sites for hydroxylation is 5. The third-order valence-electron chi connectivity index (χ3n) is 11.2. The lowest BCUT2D eigenvalue weighted by molar-refractivity contribution is -0.134. The van der Waals surface area contributed by atoms with E-state index in [9.17, 15) is 54.1 Å². The molecule has 2 N–H and O–H groups in total. The van der Waals surface area contributed by atoms with Gasteiger partial charge in [-0.05, 0) is 121 Å². The Kier molecular flexibility index (Phi) is 14.7. The summed E-state index contributed by atoms with van der Waals surface area (Å²) in [7, 11) is 0. The molecule has 0 aliphatic carbocycles. The number of fused-ring (bicyclic) bond motifs is 2. The van der Waals surface area contributed by atoms with E-state index in [2.05, 4.69) is 0 Å². The quantitative estimate of drug-likeness (QED) is 0.100. The summed E-state index contributed by atoms with van der Waals surface area (Å²) in [6.07, 6.45) is -8.86. The number of rotatable bonds is 11. The Morgan fingerprint density at radius 1 is 0.554 bits per heavy atom. The fourth-order valence-electron chi connectivity index (χ4n) is 8.02. The molecule has 1 heterocycles. The van der Waals surface area contributed by atoms with Crippen molar-refractivity contribution in [1.82, 2.24) is 0 Å². The minimum atomic E-state index is -4.46. The molecule has 0 saturated heterocycles. The highest BCUT2D eigenvalue weighted by Crippen LogP contribution is 2.44. The van der Waals surface area contributed by atoms with Gasteiger partial charge in [0, 0.05) is 45.0 Å². The summed E-state index contributed by atoms with van der Waals surface area (Å²) in [5.74, 6) is -3.57. The second kappa shape index (κ2) is 19.9. The Morgan fingerprint density at radius 2 is 1.09 bits per heavy atom. The van der Waals surface area contributed by atoms with Crippen LogP contribution >= 0.6 is 0 Å². The smallest absolute Gasteiger partial charge is 0.392 e. The normalized spacial score (nSPS) is 13.1. The zero-order valence-electron chi connectivity index (χ0n) is 35.9. The lowest BCUT2D eigenvalue weighted by Crippen LogP contribution is -2.23. The van der Waals surface area contributed by atoms with E-state index in [4.69, 9.17) is 4.74 Å². The first kappa shape index (κ1) is 48.2. The Hall–Kier alpha value is -6.24. The SMILES string of the molecule is CCCc1cc(O)c(C(c2ccccc2C)c2cc(F)c(CCC(F)(F)F)cc2O)cc1F.CCCc1cc2c(cc1F)C(c1ccccc1C)=c1cc(F)/c(=C\CC(F)(F)F)cc1O2. The summed E-state index contributed by atoms with van der Waals surface area (Å²) in [6, 6.07) is 24.3. The predicted molar refractivity (Wildman–Crippen MR) is 231 cm³/mol. The molecule has 65 heavy (non-hydrogen) atoms. The number of benzene rings is 6. The van der Waals surface area contributed by atoms with Crippen LogP contribution in [0.25, 0.3) is 11.6 Å². The van der Waals surface area contributed by atoms with Gasteiger partial charge >= 0.3 is 12.4 Å². The monoisotopic (exact) mass is 908 g/mol. The van der Waals surface area contributed by atoms with Crippen LogP contribution in [0, 0.1) is 37.1 Å². The summed E-state index contributed by atoms with van der Waals surface area (Å²) < 4.78 is 141. The molecule has 13 heteroatoms. The molecule has 0 radical (unpaired) electrons. The van der Waals surface area contributed by atoms with Gasteiger partial charge in [0.2, 0.25) is 0 Å². The lowest BCUT2D eigenvalue weighted by atomic mass is 9.81. The molecule has 1 aliphatic heterocycles. The molecule has 342 valence electrons. The van der Waals surface area contributed by atoms with Crippen LogP contribution in [0.3, 0.4) is 0 Å². The van der Waals surface area contributed by atoms with Crippen molar-refractivity contribution in [2.24, 2.45) is 0 Å². The standard InChI is InChI=1S/C26H25F5O2.C26H21F5O/c1-3-6-16-11-23(32)19(13-21(16)27)25(18-8-5-4-7-15(18)2)20-14-22(28)17(12-24(20)33)9-10-26(29,30)31;1-3-6-16-11-23-19(13-21(16)27)25(18-8-5-4-7-15(18)2)20-14-22(28)17(12-24(20)32-23)9-10-26(29,30)31/h4-5,7-8,11-14,25,32-33H,3,6,9-10H2,1-2H3;4-5,7-9,11-14H,3,6,10H2,1-2H3/b;17-9-. The highest BCUT2D eigenvalue weighted by molar-refractivity contribution is 5.86. The number of aromatic hydroxyl groups is 2. The van der Waals surface area contributed by atoms with Gasteiger partial charge in [0.1, 0.15) is 46.3 Å². The number of ether oxygens (including phenoxy) is 1. The van der Waals surface area contributed by atoms with Gasteiger partial charge < -0.3 is 14.9 Å². The van der Waals surface area contributed by atoms with Crippen molar-refractivity contribution in [1.29, 1.82) is 0 Å². The van der Waals surface area contributed by atoms with Crippen LogP contribution in [0.4, 0.5) is 43.9 Å². The van der Waals surface area contributed by atoms with Crippen LogP contribution in [-0.2, 0) is 19.3 Å². The van der Waals surface area contributed by atoms with Crippen molar-refractivity contribution in [2.75, 3.05) is 0 Å². The molecular formula is C52H46F10O3. The molecule has 3 nitrogen and oxygen atoms in total. The van der Waals surface area contributed by atoms with E-state index in [1.165, 1.54) is 30.3 Å². The first-order valence-corrected chi connectivity index (χ1v) is 21.0. The van der Waals surface area contributed by atoms with E-state index in [0.717, 1.165) is 41.3 Å². The minimum absolute atomic E-state index is 0.0236. The van der Waals surface area contributed by atoms with Crippen molar-refractivity contribution in [3.8, 4) is 23.0 Å².